The van der Waals surface area contributed by atoms with Crippen LogP contribution < -0.4 is 0 Å². The predicted octanol–water partition coefficient (Wildman–Crippen LogP) is 1.49. The number of benzene rings is 1. The van der Waals surface area contributed by atoms with Crippen LogP contribution in [0.25, 0.3) is 0 Å². The van der Waals surface area contributed by atoms with E-state index in [4.69, 9.17) is 0 Å². The second-order valence-corrected chi connectivity index (χ2v) is 3.75. The third-order valence-electron chi connectivity index (χ3n) is 0.936. The minimum atomic E-state index is -0.611. The molecule has 0 heterocycles. The molecule has 0 spiro atoms. The van der Waals surface area contributed by atoms with Crippen LogP contribution in [0.5, 0.6) is 0 Å². The number of carbonyl (C=O) groups is 1. The van der Waals surface area contributed by atoms with E-state index in [0.717, 1.165) is 11.8 Å². The Morgan fingerprint density at radius 3 is 1.92 bits per heavy atom. The van der Waals surface area contributed by atoms with E-state index < -0.39 is 11.2 Å². The maximum Gasteiger partial charge on any atom is 0.150 e. The number of rotatable bonds is 1. The van der Waals surface area contributed by atoms with Crippen LogP contribution in [0.4, 0.5) is 0 Å². The molecule has 3 heteroatoms. The van der Waals surface area contributed by atoms with Crippen molar-refractivity contribution in [1.82, 2.24) is 0 Å². The van der Waals surface area contributed by atoms with Crippen molar-refractivity contribution in [2.75, 3.05) is 12.5 Å². The smallest absolute Gasteiger partial charge is 0.150 e. The van der Waals surface area contributed by atoms with Gasteiger partial charge in [0.05, 0.1) is 12.5 Å². The maximum atomic E-state index is 10.0. The molecule has 0 aromatic heterocycles. The largest absolute Gasteiger partial charge is 0.617 e. The Labute approximate surface area is 75.8 Å². The zero-order valence-electron chi connectivity index (χ0n) is 7.19. The van der Waals surface area contributed by atoms with Crippen molar-refractivity contribution < 1.29 is 9.35 Å². The summed E-state index contributed by atoms with van der Waals surface area (Å²) in [6.07, 6.45) is 4.11. The summed E-state index contributed by atoms with van der Waals surface area (Å²) in [6.45, 7) is 0. The minimum Gasteiger partial charge on any atom is -0.617 e. The summed E-state index contributed by atoms with van der Waals surface area (Å²) in [5.74, 6) is 0. The molecule has 0 fully saturated rings. The van der Waals surface area contributed by atoms with Crippen molar-refractivity contribution >= 4 is 17.5 Å². The average Bonchev–Trinajstić information content (AvgIpc) is 2.05. The van der Waals surface area contributed by atoms with Crippen LogP contribution in [0.15, 0.2) is 30.3 Å². The standard InChI is InChI=1S/C7H6O.C2H6OS/c8-6-7-4-2-1-3-5-7;1-4(2)3/h1-6H;1-2H3. The lowest BCUT2D eigenvalue weighted by molar-refractivity contribution is 0.112. The van der Waals surface area contributed by atoms with Gasteiger partial charge in [0, 0.05) is 5.56 Å². The van der Waals surface area contributed by atoms with E-state index in [9.17, 15) is 9.35 Å². The summed E-state index contributed by atoms with van der Waals surface area (Å²) < 4.78 is 9.56. The summed E-state index contributed by atoms with van der Waals surface area (Å²) in [7, 11) is 0. The molecule has 0 saturated heterocycles. The molecule has 12 heavy (non-hydrogen) atoms. The highest BCUT2D eigenvalue weighted by Gasteiger charge is 1.79. The molecule has 0 aliphatic heterocycles. The summed E-state index contributed by atoms with van der Waals surface area (Å²) in [4.78, 5) is 10.0. The molecule has 0 aliphatic carbocycles. The van der Waals surface area contributed by atoms with Crippen LogP contribution in [-0.2, 0) is 11.2 Å². The Morgan fingerprint density at radius 2 is 1.67 bits per heavy atom. The van der Waals surface area contributed by atoms with Gasteiger partial charge in [0.2, 0.25) is 0 Å². The van der Waals surface area contributed by atoms with Crippen molar-refractivity contribution in [2.45, 2.75) is 0 Å². The molecule has 1 rings (SSSR count). The van der Waals surface area contributed by atoms with E-state index in [1.54, 1.807) is 24.6 Å². The van der Waals surface area contributed by atoms with Gasteiger partial charge in [0.25, 0.3) is 0 Å². The Hall–Kier alpha value is -0.800. The van der Waals surface area contributed by atoms with Gasteiger partial charge in [-0.15, -0.1) is 0 Å². The van der Waals surface area contributed by atoms with Crippen LogP contribution in [0, 0.1) is 0 Å². The predicted molar refractivity (Wildman–Crippen MR) is 51.8 cm³/mol. The fraction of sp³-hybridized carbons (Fsp3) is 0.222. The van der Waals surface area contributed by atoms with Crippen LogP contribution in [0.2, 0.25) is 0 Å². The Bertz CT molecular complexity index is 206. The molecule has 0 N–H and O–H groups in total. The number of carbonyl (C=O) groups excluding carboxylic acids is 1. The van der Waals surface area contributed by atoms with Crippen molar-refractivity contribution in [3.63, 3.8) is 0 Å². The minimum absolute atomic E-state index is 0.611. The Morgan fingerprint density at radius 1 is 1.25 bits per heavy atom. The molecular weight excluding hydrogens is 172 g/mol. The molecule has 0 radical (unpaired) electrons. The van der Waals surface area contributed by atoms with Gasteiger partial charge in [-0.25, -0.2) is 0 Å². The van der Waals surface area contributed by atoms with Gasteiger partial charge in [-0.05, 0) is 0 Å². The zero-order valence-corrected chi connectivity index (χ0v) is 8.01. The molecule has 0 atom stereocenters. The summed E-state index contributed by atoms with van der Waals surface area (Å²) >= 11 is -0.611. The highest BCUT2D eigenvalue weighted by atomic mass is 32.2. The third kappa shape index (κ3) is 7.31. The lowest BCUT2D eigenvalue weighted by Gasteiger charge is -1.87. The molecule has 2 nitrogen and oxygen atoms in total. The maximum absolute atomic E-state index is 10.0. The molecule has 0 aliphatic rings. The van der Waals surface area contributed by atoms with E-state index in [2.05, 4.69) is 0 Å². The van der Waals surface area contributed by atoms with Crippen molar-refractivity contribution in [1.29, 1.82) is 0 Å². The molecule has 0 amide bonds. The lowest BCUT2D eigenvalue weighted by atomic mass is 10.2. The zero-order chi connectivity index (χ0) is 9.40. The summed E-state index contributed by atoms with van der Waals surface area (Å²) in [5.41, 5.74) is 0.729. The van der Waals surface area contributed by atoms with Crippen LogP contribution in [0.3, 0.4) is 0 Å². The van der Waals surface area contributed by atoms with Gasteiger partial charge in [-0.2, -0.15) is 0 Å². The van der Waals surface area contributed by atoms with E-state index in [0.29, 0.717) is 0 Å². The normalized spacial score (nSPS) is 8.67. The quantitative estimate of drug-likeness (QED) is 0.490. The lowest BCUT2D eigenvalue weighted by Crippen LogP contribution is -1.86. The third-order valence-corrected chi connectivity index (χ3v) is 0.936. The second kappa shape index (κ2) is 6.88. The first-order valence-electron chi connectivity index (χ1n) is 3.42. The SMILES string of the molecule is C[S+](C)[O-].O=Cc1ccccc1. The second-order valence-electron chi connectivity index (χ2n) is 2.27. The topological polar surface area (TPSA) is 40.1 Å². The molecule has 66 valence electrons. The Kier molecular flexibility index (Phi) is 6.42. The average molecular weight is 184 g/mol. The van der Waals surface area contributed by atoms with Crippen LogP contribution in [0.1, 0.15) is 10.4 Å². The molecule has 0 unspecified atom stereocenters. The van der Waals surface area contributed by atoms with Gasteiger partial charge in [0.15, 0.2) is 0 Å². The van der Waals surface area contributed by atoms with E-state index in [1.807, 2.05) is 18.2 Å². The van der Waals surface area contributed by atoms with Gasteiger partial charge in [0.1, 0.15) is 6.29 Å². The fourth-order valence-electron chi connectivity index (χ4n) is 0.532. The first kappa shape index (κ1) is 11.2. The van der Waals surface area contributed by atoms with Crippen molar-refractivity contribution in [3.05, 3.63) is 35.9 Å². The van der Waals surface area contributed by atoms with Gasteiger partial charge < -0.3 is 4.55 Å². The molecule has 1 aromatic rings. The number of hydrogen-bond acceptors (Lipinski definition) is 2. The van der Waals surface area contributed by atoms with Crippen molar-refractivity contribution in [3.8, 4) is 0 Å². The summed E-state index contributed by atoms with van der Waals surface area (Å²) in [5, 5.41) is 0. The monoisotopic (exact) mass is 184 g/mol. The van der Waals surface area contributed by atoms with Crippen molar-refractivity contribution in [2.24, 2.45) is 0 Å². The number of hydrogen-bond donors (Lipinski definition) is 0. The van der Waals surface area contributed by atoms with Gasteiger partial charge in [-0.3, -0.25) is 4.79 Å². The van der Waals surface area contributed by atoms with Gasteiger partial charge in [-0.1, -0.05) is 41.5 Å². The fourth-order valence-corrected chi connectivity index (χ4v) is 0.532. The number of aldehydes is 1. The first-order valence-corrected chi connectivity index (χ1v) is 5.38. The van der Waals surface area contributed by atoms with E-state index in [1.165, 1.54) is 0 Å². The molecular formula is C9H12O2S. The summed E-state index contributed by atoms with van der Waals surface area (Å²) in [6, 6.07) is 9.10. The van der Waals surface area contributed by atoms with Crippen LogP contribution >= 0.6 is 0 Å². The highest BCUT2D eigenvalue weighted by Crippen LogP contribution is 1.91. The first-order chi connectivity index (χ1) is 5.66. The highest BCUT2D eigenvalue weighted by molar-refractivity contribution is 7.89. The van der Waals surface area contributed by atoms with Crippen LogP contribution in [-0.4, -0.2) is 23.4 Å². The van der Waals surface area contributed by atoms with E-state index in [-0.39, 0.29) is 0 Å². The molecule has 1 aromatic carbocycles. The van der Waals surface area contributed by atoms with Gasteiger partial charge >= 0.3 is 0 Å². The van der Waals surface area contributed by atoms with E-state index >= 15 is 0 Å². The molecule has 0 saturated carbocycles. The molecule has 0 bridgehead atoms. The Balaban J connectivity index is 0.000000261.